The number of fused-ring (bicyclic) bond motifs is 2. The van der Waals surface area contributed by atoms with Crippen molar-refractivity contribution in [2.24, 2.45) is 0 Å². The van der Waals surface area contributed by atoms with E-state index in [1.165, 1.54) is 45.1 Å². The number of hydrogen-bond donors (Lipinski definition) is 1. The van der Waals surface area contributed by atoms with Crippen LogP contribution in [0.5, 0.6) is 5.75 Å². The van der Waals surface area contributed by atoms with E-state index in [0.717, 1.165) is 79.7 Å². The second-order valence-corrected chi connectivity index (χ2v) is 17.6. The lowest BCUT2D eigenvalue weighted by Gasteiger charge is -2.27. The van der Waals surface area contributed by atoms with E-state index in [0.29, 0.717) is 6.42 Å². The van der Waals surface area contributed by atoms with Crippen LogP contribution >= 0.6 is 0 Å². The molecule has 0 atom stereocenters. The molecule has 2 aliphatic heterocycles. The molecule has 0 spiro atoms. The number of carboxylic acids is 1. The second-order valence-electron chi connectivity index (χ2n) is 17.6. The first-order valence-corrected chi connectivity index (χ1v) is 20.4. The molecular weight excluding hydrogens is 679 g/mol. The largest absolute Gasteiger partial charge is 0.481 e. The Morgan fingerprint density at radius 3 is 2.29 bits per heavy atom. The number of nitrogens with zero attached hydrogens (tertiary/aromatic N) is 3. The van der Waals surface area contributed by atoms with E-state index in [9.17, 15) is 9.90 Å². The lowest BCUT2D eigenvalue weighted by atomic mass is 9.81. The van der Waals surface area contributed by atoms with E-state index >= 15 is 0 Å². The van der Waals surface area contributed by atoms with Gasteiger partial charge in [0.1, 0.15) is 11.5 Å². The SMILES string of the molecule is CCCCN1/C(=C/C=C2\CCCC(/C=C/C3=[N+](CCC[N+](C)(C)C)c4ccccc4C3(C)C)=C2Oc2ccc(CCC(=O)O)cc2)C(C)(C)c2ccccc21. The van der Waals surface area contributed by atoms with Crippen molar-refractivity contribution in [3.8, 4) is 5.75 Å². The molecule has 0 amide bonds. The molecule has 3 aromatic carbocycles. The van der Waals surface area contributed by atoms with Crippen LogP contribution in [0.4, 0.5) is 11.4 Å². The zero-order chi connectivity index (χ0) is 39.4. The van der Waals surface area contributed by atoms with Gasteiger partial charge in [-0.15, -0.1) is 0 Å². The summed E-state index contributed by atoms with van der Waals surface area (Å²) in [5.74, 6) is 0.909. The first-order valence-electron chi connectivity index (χ1n) is 20.4. The number of para-hydroxylation sites is 2. The Morgan fingerprint density at radius 2 is 1.58 bits per heavy atom. The van der Waals surface area contributed by atoms with Crippen molar-refractivity contribution in [3.63, 3.8) is 0 Å². The zero-order valence-corrected chi connectivity index (χ0v) is 34.6. The number of anilines is 1. The van der Waals surface area contributed by atoms with Gasteiger partial charge in [-0.05, 0) is 98.6 Å². The van der Waals surface area contributed by atoms with Crippen molar-refractivity contribution in [2.45, 2.75) is 96.8 Å². The number of unbranched alkanes of at least 4 members (excludes halogenated alkanes) is 1. The van der Waals surface area contributed by atoms with Gasteiger partial charge in [0.15, 0.2) is 12.3 Å². The van der Waals surface area contributed by atoms with Crippen molar-refractivity contribution in [2.75, 3.05) is 45.7 Å². The van der Waals surface area contributed by atoms with Crippen molar-refractivity contribution in [1.29, 1.82) is 0 Å². The number of rotatable bonds is 15. The van der Waals surface area contributed by atoms with Crippen molar-refractivity contribution in [1.82, 2.24) is 0 Å². The van der Waals surface area contributed by atoms with Crippen LogP contribution in [0.15, 0.2) is 120 Å². The highest BCUT2D eigenvalue weighted by atomic mass is 16.5. The molecule has 6 rings (SSSR count). The topological polar surface area (TPSA) is 52.8 Å². The van der Waals surface area contributed by atoms with Gasteiger partial charge in [0.2, 0.25) is 5.69 Å². The molecule has 2 heterocycles. The van der Waals surface area contributed by atoms with Crippen molar-refractivity contribution in [3.05, 3.63) is 136 Å². The van der Waals surface area contributed by atoms with Gasteiger partial charge in [-0.3, -0.25) is 4.79 Å². The van der Waals surface area contributed by atoms with Crippen LogP contribution in [0.2, 0.25) is 0 Å². The molecule has 0 fully saturated rings. The minimum absolute atomic E-state index is 0.114. The smallest absolute Gasteiger partial charge is 0.303 e. The highest BCUT2D eigenvalue weighted by molar-refractivity contribution is 6.03. The molecule has 0 saturated heterocycles. The van der Waals surface area contributed by atoms with Gasteiger partial charge in [-0.1, -0.05) is 81.8 Å². The molecule has 0 aromatic heterocycles. The third-order valence-electron chi connectivity index (χ3n) is 11.7. The predicted octanol–water partition coefficient (Wildman–Crippen LogP) is 10.7. The average molecular weight is 742 g/mol. The molecule has 0 bridgehead atoms. The Bertz CT molecular complexity index is 2040. The number of aliphatic carboxylic acids is 1. The summed E-state index contributed by atoms with van der Waals surface area (Å²) in [6, 6.07) is 25.7. The Morgan fingerprint density at radius 1 is 0.873 bits per heavy atom. The molecule has 1 aliphatic carbocycles. The van der Waals surface area contributed by atoms with E-state index < -0.39 is 5.97 Å². The monoisotopic (exact) mass is 741 g/mol. The minimum Gasteiger partial charge on any atom is -0.481 e. The van der Waals surface area contributed by atoms with E-state index in [2.05, 4.69) is 138 Å². The predicted molar refractivity (Wildman–Crippen MR) is 228 cm³/mol. The average Bonchev–Trinajstić information content (AvgIpc) is 3.50. The van der Waals surface area contributed by atoms with Crippen molar-refractivity contribution >= 4 is 23.1 Å². The maximum Gasteiger partial charge on any atom is 0.303 e. The molecule has 1 N–H and O–H groups in total. The number of quaternary nitrogens is 1. The molecule has 6 heteroatoms. The summed E-state index contributed by atoms with van der Waals surface area (Å²) in [7, 11) is 6.80. The third-order valence-corrected chi connectivity index (χ3v) is 11.7. The fraction of sp³-hybridized carbons (Fsp3) is 0.429. The maximum atomic E-state index is 11.2. The Balaban J connectivity index is 1.42. The number of benzene rings is 3. The summed E-state index contributed by atoms with van der Waals surface area (Å²) < 4.78 is 10.4. The van der Waals surface area contributed by atoms with Gasteiger partial charge >= 0.3 is 5.97 Å². The third kappa shape index (κ3) is 8.91. The molecular formula is C49H63N3O3+2. The summed E-state index contributed by atoms with van der Waals surface area (Å²) in [4.78, 5) is 13.8. The lowest BCUT2D eigenvalue weighted by Crippen LogP contribution is -2.36. The Hall–Kier alpha value is -4.68. The second kappa shape index (κ2) is 16.6. The molecule has 3 aliphatic rings. The summed E-state index contributed by atoms with van der Waals surface area (Å²) in [5, 5.41) is 9.22. The Labute approximate surface area is 330 Å². The molecule has 290 valence electrons. The van der Waals surface area contributed by atoms with E-state index in [-0.39, 0.29) is 17.3 Å². The fourth-order valence-electron chi connectivity index (χ4n) is 8.59. The Kier molecular flexibility index (Phi) is 12.1. The summed E-state index contributed by atoms with van der Waals surface area (Å²) in [5.41, 5.74) is 11.2. The van der Waals surface area contributed by atoms with Gasteiger partial charge < -0.3 is 19.2 Å². The van der Waals surface area contributed by atoms with Gasteiger partial charge in [0, 0.05) is 47.5 Å². The maximum absolute atomic E-state index is 11.2. The number of allylic oxidation sites excluding steroid dienone is 7. The number of ether oxygens (including phenoxy) is 1. The van der Waals surface area contributed by atoms with Crippen LogP contribution < -0.4 is 9.64 Å². The van der Waals surface area contributed by atoms with Crippen LogP contribution in [0.1, 0.15) is 96.3 Å². The van der Waals surface area contributed by atoms with Crippen LogP contribution in [0, 0.1) is 0 Å². The molecule has 0 unspecified atom stereocenters. The van der Waals surface area contributed by atoms with Crippen LogP contribution in [0.25, 0.3) is 0 Å². The fourth-order valence-corrected chi connectivity index (χ4v) is 8.59. The number of carbonyl (C=O) groups is 1. The minimum atomic E-state index is -0.784. The number of aryl methyl sites for hydroxylation is 1. The molecule has 3 aromatic rings. The van der Waals surface area contributed by atoms with Gasteiger partial charge in [-0.25, -0.2) is 0 Å². The lowest BCUT2D eigenvalue weighted by molar-refractivity contribution is -0.871. The quantitative estimate of drug-likeness (QED) is 0.124. The van der Waals surface area contributed by atoms with Crippen molar-refractivity contribution < 1.29 is 23.7 Å². The molecule has 0 radical (unpaired) electrons. The van der Waals surface area contributed by atoms with Crippen LogP contribution in [-0.2, 0) is 22.0 Å². The van der Waals surface area contributed by atoms with Gasteiger partial charge in [0.05, 0.1) is 39.5 Å². The number of hydrogen-bond acceptors (Lipinski definition) is 3. The summed E-state index contributed by atoms with van der Waals surface area (Å²) >= 11 is 0. The first-order chi connectivity index (χ1) is 26.2. The summed E-state index contributed by atoms with van der Waals surface area (Å²) in [6.45, 7) is 14.7. The first kappa shape index (κ1) is 40.0. The number of carboxylic acid groups (broad SMARTS) is 1. The van der Waals surface area contributed by atoms with E-state index in [1.807, 2.05) is 24.3 Å². The molecule has 6 nitrogen and oxygen atoms in total. The van der Waals surface area contributed by atoms with E-state index in [1.54, 1.807) is 0 Å². The highest BCUT2D eigenvalue weighted by Gasteiger charge is 2.44. The van der Waals surface area contributed by atoms with E-state index in [4.69, 9.17) is 4.74 Å². The van der Waals surface area contributed by atoms with Gasteiger partial charge in [-0.2, -0.15) is 4.58 Å². The summed E-state index contributed by atoms with van der Waals surface area (Å²) in [6.07, 6.45) is 16.3. The molecule has 55 heavy (non-hydrogen) atoms. The highest BCUT2D eigenvalue weighted by Crippen LogP contribution is 2.48. The van der Waals surface area contributed by atoms with Gasteiger partial charge in [0.25, 0.3) is 0 Å². The molecule has 0 saturated carbocycles. The van der Waals surface area contributed by atoms with Crippen LogP contribution in [0.3, 0.4) is 0 Å². The normalized spacial score (nSPS) is 19.2. The van der Waals surface area contributed by atoms with Crippen LogP contribution in [-0.4, -0.2) is 66.6 Å². The zero-order valence-electron chi connectivity index (χ0n) is 34.6. The standard InChI is InChI=1S/C49H62N3O3/c1-9-10-33-50-42-21-13-11-19-40(42)48(2,3)44(50)30-26-37-17-15-18-38(47(37)55-39-28-23-36(24-29-39)25-32-46(53)54)27-31-45-49(4,5)41-20-12-14-22-43(41)51(45)34-16-35-52(6,7)8/h11-14,19-24,26-31H,9-10,15-18,25,32-35H2,1-8H3/q+1/p+1.